The number of likely N-dealkylation sites (N-methyl/N-ethyl adjacent to an activating group) is 1. The molecule has 0 saturated heterocycles. The molecular weight excluding hydrogens is 389 g/mol. The first-order valence-corrected chi connectivity index (χ1v) is 7.55. The number of hydrogen-bond donors (Lipinski definition) is 1. The van der Waals surface area contributed by atoms with E-state index in [1.165, 1.54) is 18.2 Å². The van der Waals surface area contributed by atoms with Gasteiger partial charge >= 0.3 is 5.76 Å². The van der Waals surface area contributed by atoms with E-state index >= 15 is 0 Å². The summed E-state index contributed by atoms with van der Waals surface area (Å²) >= 11 is 3.07. The van der Waals surface area contributed by atoms with Gasteiger partial charge in [-0.05, 0) is 51.5 Å². The van der Waals surface area contributed by atoms with Crippen molar-refractivity contribution < 1.29 is 18.3 Å². The molecule has 0 aliphatic carbocycles. The summed E-state index contributed by atoms with van der Waals surface area (Å²) in [6.45, 7) is 0.880. The molecule has 1 N–H and O–H groups in total. The number of rotatable bonds is 6. The van der Waals surface area contributed by atoms with E-state index in [0.717, 1.165) is 4.57 Å². The van der Waals surface area contributed by atoms with Gasteiger partial charge in [0.25, 0.3) is 5.88 Å². The molecule has 2 heterocycles. The molecule has 0 saturated carbocycles. The lowest BCUT2D eigenvalue weighted by Crippen LogP contribution is -2.17. The Morgan fingerprint density at radius 3 is 2.96 bits per heavy atom. The van der Waals surface area contributed by atoms with Crippen molar-refractivity contribution in [2.75, 3.05) is 20.2 Å². The van der Waals surface area contributed by atoms with Crippen LogP contribution >= 0.6 is 15.9 Å². The fourth-order valence-corrected chi connectivity index (χ4v) is 2.28. The second kappa shape index (κ2) is 6.93. The van der Waals surface area contributed by atoms with Gasteiger partial charge in [-0.25, -0.2) is 18.4 Å². The van der Waals surface area contributed by atoms with E-state index in [4.69, 9.17) is 9.26 Å². The predicted molar refractivity (Wildman–Crippen MR) is 82.5 cm³/mol. The van der Waals surface area contributed by atoms with Gasteiger partial charge in [-0.15, -0.1) is 0 Å². The summed E-state index contributed by atoms with van der Waals surface area (Å²) in [5.74, 6) is -1.15. The molecule has 0 aliphatic rings. The first kappa shape index (κ1) is 16.3. The molecule has 0 radical (unpaired) electrons. The van der Waals surface area contributed by atoms with E-state index in [1.54, 1.807) is 7.05 Å². The van der Waals surface area contributed by atoms with Gasteiger partial charge < -0.3 is 10.1 Å². The van der Waals surface area contributed by atoms with Gasteiger partial charge in [-0.2, -0.15) is 0 Å². The summed E-state index contributed by atoms with van der Waals surface area (Å²) in [6.07, 6.45) is 0. The summed E-state index contributed by atoms with van der Waals surface area (Å²) in [5, 5.41) is 13.9. The average molecular weight is 400 g/mol. The standard InChI is InChI=1S/C13H11BrFN5O4/c1-16-4-5-22-12-10(17-24-19-12)11-18-23-13(21)20(11)7-2-3-9(15)8(14)6-7/h2-3,6,16H,4-5H2,1H3. The van der Waals surface area contributed by atoms with E-state index in [2.05, 4.69) is 41.3 Å². The molecule has 0 atom stereocenters. The van der Waals surface area contributed by atoms with E-state index in [0.29, 0.717) is 18.8 Å². The van der Waals surface area contributed by atoms with Crippen LogP contribution in [0.3, 0.4) is 0 Å². The minimum atomic E-state index is -0.771. The zero-order chi connectivity index (χ0) is 17.1. The lowest BCUT2D eigenvalue weighted by atomic mass is 10.3. The van der Waals surface area contributed by atoms with Gasteiger partial charge in [0.05, 0.1) is 10.2 Å². The molecule has 0 spiro atoms. The van der Waals surface area contributed by atoms with E-state index in [1.807, 2.05) is 0 Å². The Hall–Kier alpha value is -2.53. The summed E-state index contributed by atoms with van der Waals surface area (Å²) < 4.78 is 29.5. The number of aromatic nitrogens is 4. The fourth-order valence-electron chi connectivity index (χ4n) is 1.91. The largest absolute Gasteiger partial charge is 0.472 e. The minimum Gasteiger partial charge on any atom is -0.472 e. The van der Waals surface area contributed by atoms with Gasteiger partial charge in [0.15, 0.2) is 0 Å². The van der Waals surface area contributed by atoms with Crippen LogP contribution in [0, 0.1) is 5.82 Å². The second-order valence-electron chi connectivity index (χ2n) is 4.58. The van der Waals surface area contributed by atoms with Crippen molar-refractivity contribution in [3.05, 3.63) is 39.0 Å². The molecule has 0 fully saturated rings. The van der Waals surface area contributed by atoms with Crippen LogP contribution in [0.4, 0.5) is 4.39 Å². The molecule has 0 amide bonds. The molecule has 126 valence electrons. The maximum absolute atomic E-state index is 13.4. The third-order valence-electron chi connectivity index (χ3n) is 3.03. The van der Waals surface area contributed by atoms with Crippen LogP contribution in [0.2, 0.25) is 0 Å². The second-order valence-corrected chi connectivity index (χ2v) is 5.43. The van der Waals surface area contributed by atoms with E-state index in [-0.39, 0.29) is 21.9 Å². The number of hydrogen-bond acceptors (Lipinski definition) is 8. The van der Waals surface area contributed by atoms with Gasteiger partial charge in [0.2, 0.25) is 11.5 Å². The van der Waals surface area contributed by atoms with Crippen molar-refractivity contribution in [3.63, 3.8) is 0 Å². The molecule has 9 nitrogen and oxygen atoms in total. The summed E-state index contributed by atoms with van der Waals surface area (Å²) in [5.41, 5.74) is 0.422. The van der Waals surface area contributed by atoms with Crippen LogP contribution < -0.4 is 15.8 Å². The molecule has 0 unspecified atom stereocenters. The number of nitrogens with zero attached hydrogens (tertiary/aromatic N) is 4. The van der Waals surface area contributed by atoms with Gasteiger partial charge in [-0.1, -0.05) is 5.16 Å². The van der Waals surface area contributed by atoms with Gasteiger partial charge in [0.1, 0.15) is 12.4 Å². The normalized spacial score (nSPS) is 11.0. The Kier molecular flexibility index (Phi) is 4.71. The van der Waals surface area contributed by atoms with Gasteiger partial charge in [-0.3, -0.25) is 4.52 Å². The molecule has 24 heavy (non-hydrogen) atoms. The number of ether oxygens (including phenoxy) is 1. The first-order chi connectivity index (χ1) is 11.6. The molecular formula is C13H11BrFN5O4. The van der Waals surface area contributed by atoms with Crippen LogP contribution in [-0.4, -0.2) is 40.2 Å². The molecule has 0 aliphatic heterocycles. The lowest BCUT2D eigenvalue weighted by Gasteiger charge is -2.05. The molecule has 11 heteroatoms. The fraction of sp³-hybridized carbons (Fsp3) is 0.231. The van der Waals surface area contributed by atoms with Crippen molar-refractivity contribution >= 4 is 15.9 Å². The molecule has 0 bridgehead atoms. The zero-order valence-electron chi connectivity index (χ0n) is 12.3. The number of benzene rings is 1. The Morgan fingerprint density at radius 2 is 2.21 bits per heavy atom. The third-order valence-corrected chi connectivity index (χ3v) is 3.63. The molecule has 2 aromatic heterocycles. The van der Waals surface area contributed by atoms with Crippen LogP contribution in [0.5, 0.6) is 5.88 Å². The minimum absolute atomic E-state index is 0.0271. The van der Waals surface area contributed by atoms with E-state index in [9.17, 15) is 9.18 Å². The molecule has 3 rings (SSSR count). The smallest absolute Gasteiger partial charge is 0.446 e. The highest BCUT2D eigenvalue weighted by Crippen LogP contribution is 2.27. The van der Waals surface area contributed by atoms with Crippen molar-refractivity contribution in [2.45, 2.75) is 0 Å². The number of halogens is 2. The summed E-state index contributed by atoms with van der Waals surface area (Å²) in [6, 6.07) is 4.01. The maximum atomic E-state index is 13.4. The summed E-state index contributed by atoms with van der Waals surface area (Å²) in [7, 11) is 1.77. The summed E-state index contributed by atoms with van der Waals surface area (Å²) in [4.78, 5) is 12.0. The van der Waals surface area contributed by atoms with Crippen LogP contribution in [0.1, 0.15) is 0 Å². The highest BCUT2D eigenvalue weighted by Gasteiger charge is 2.24. The molecule has 1 aromatic carbocycles. The highest BCUT2D eigenvalue weighted by molar-refractivity contribution is 9.10. The van der Waals surface area contributed by atoms with Crippen molar-refractivity contribution in [1.29, 1.82) is 0 Å². The van der Waals surface area contributed by atoms with Crippen molar-refractivity contribution in [3.8, 4) is 23.1 Å². The zero-order valence-corrected chi connectivity index (χ0v) is 13.9. The Bertz CT molecular complexity index is 906. The van der Waals surface area contributed by atoms with Crippen LogP contribution in [0.25, 0.3) is 17.2 Å². The van der Waals surface area contributed by atoms with Crippen molar-refractivity contribution in [1.82, 2.24) is 25.4 Å². The quantitative estimate of drug-likeness (QED) is 0.619. The topological polar surface area (TPSA) is 108 Å². The maximum Gasteiger partial charge on any atom is 0.446 e. The van der Waals surface area contributed by atoms with E-state index < -0.39 is 11.6 Å². The van der Waals surface area contributed by atoms with Crippen LogP contribution in [0.15, 0.2) is 36.6 Å². The van der Waals surface area contributed by atoms with Crippen LogP contribution in [-0.2, 0) is 0 Å². The lowest BCUT2D eigenvalue weighted by molar-refractivity contribution is 0.256. The monoisotopic (exact) mass is 399 g/mol. The number of nitrogens with one attached hydrogen (secondary N) is 1. The Balaban J connectivity index is 2.04. The average Bonchev–Trinajstić information content (AvgIpc) is 3.17. The Morgan fingerprint density at radius 1 is 1.38 bits per heavy atom. The van der Waals surface area contributed by atoms with Crippen molar-refractivity contribution in [2.24, 2.45) is 0 Å². The third kappa shape index (κ3) is 3.08. The molecule has 3 aromatic rings. The highest BCUT2D eigenvalue weighted by atomic mass is 79.9. The Labute approximate surface area is 142 Å². The predicted octanol–water partition coefficient (Wildman–Crippen LogP) is 1.38. The SMILES string of the molecule is CNCCOc1nonc1-c1noc(=O)n1-c1ccc(F)c(Br)c1. The van der Waals surface area contributed by atoms with Gasteiger partial charge in [0, 0.05) is 6.54 Å². The first-order valence-electron chi connectivity index (χ1n) is 6.76.